The molecule has 0 saturated carbocycles. The van der Waals surface area contributed by atoms with Crippen LogP contribution < -0.4 is 10.1 Å². The van der Waals surface area contributed by atoms with Crippen molar-refractivity contribution in [1.29, 1.82) is 0 Å². The van der Waals surface area contributed by atoms with Crippen LogP contribution in [0.5, 0.6) is 5.75 Å². The fourth-order valence-electron chi connectivity index (χ4n) is 2.66. The Morgan fingerprint density at radius 1 is 1.20 bits per heavy atom. The van der Waals surface area contributed by atoms with Crippen molar-refractivity contribution in [2.75, 3.05) is 13.2 Å². The molecule has 0 aromatic heterocycles. The molecule has 3 rings (SSSR count). The molecule has 1 aliphatic heterocycles. The summed E-state index contributed by atoms with van der Waals surface area (Å²) in [6.45, 7) is 1.41. The van der Waals surface area contributed by atoms with Gasteiger partial charge in [0, 0.05) is 6.42 Å². The van der Waals surface area contributed by atoms with Crippen LogP contribution in [0.4, 0.5) is 0 Å². The second-order valence-corrected chi connectivity index (χ2v) is 5.22. The predicted molar refractivity (Wildman–Crippen MR) is 80.1 cm³/mol. The first-order valence-corrected chi connectivity index (χ1v) is 7.21. The van der Waals surface area contributed by atoms with Crippen LogP contribution in [0, 0.1) is 0 Å². The Bertz CT molecular complexity index is 603. The van der Waals surface area contributed by atoms with Gasteiger partial charge in [-0.1, -0.05) is 30.3 Å². The van der Waals surface area contributed by atoms with Gasteiger partial charge < -0.3 is 10.1 Å². The van der Waals surface area contributed by atoms with Gasteiger partial charge in [0.2, 0.25) is 0 Å². The molecule has 0 amide bonds. The molecule has 2 aromatic carbocycles. The van der Waals surface area contributed by atoms with E-state index in [4.69, 9.17) is 4.74 Å². The number of ether oxygens (including phenoxy) is 1. The highest BCUT2D eigenvalue weighted by atomic mass is 16.5. The molecular weight excluding hydrogens is 250 g/mol. The van der Waals surface area contributed by atoms with E-state index in [-0.39, 0.29) is 11.8 Å². The lowest BCUT2D eigenvalue weighted by Crippen LogP contribution is -2.31. The normalized spacial score (nSPS) is 18.3. The van der Waals surface area contributed by atoms with E-state index in [9.17, 15) is 4.79 Å². The molecule has 1 saturated heterocycles. The fraction of sp³-hybridized carbons (Fsp3) is 0.353. The molecule has 0 spiro atoms. The number of hydrogen-bond acceptors (Lipinski definition) is 3. The molecule has 1 N–H and O–H groups in total. The second-order valence-electron chi connectivity index (χ2n) is 5.22. The first-order valence-electron chi connectivity index (χ1n) is 7.21. The van der Waals surface area contributed by atoms with E-state index in [0.717, 1.165) is 30.5 Å². The minimum Gasteiger partial charge on any atom is -0.493 e. The molecule has 0 aliphatic carbocycles. The number of ketones is 1. The molecule has 1 heterocycles. The van der Waals surface area contributed by atoms with E-state index in [1.165, 1.54) is 5.39 Å². The summed E-state index contributed by atoms with van der Waals surface area (Å²) in [4.78, 5) is 11.9. The van der Waals surface area contributed by atoms with Crippen LogP contribution in [0.25, 0.3) is 10.8 Å². The van der Waals surface area contributed by atoms with Gasteiger partial charge >= 0.3 is 0 Å². The number of carbonyl (C=O) groups is 1. The van der Waals surface area contributed by atoms with Crippen molar-refractivity contribution < 1.29 is 9.53 Å². The highest BCUT2D eigenvalue weighted by molar-refractivity contribution is 5.85. The van der Waals surface area contributed by atoms with Gasteiger partial charge in [0.15, 0.2) is 5.78 Å². The maximum Gasteiger partial charge on any atom is 0.153 e. The molecular formula is C17H19NO2. The molecule has 2 aromatic rings. The van der Waals surface area contributed by atoms with Crippen molar-refractivity contribution in [3.8, 4) is 5.75 Å². The number of rotatable bonds is 5. The Kier molecular flexibility index (Phi) is 3.97. The molecule has 1 atom stereocenters. The van der Waals surface area contributed by atoms with Crippen molar-refractivity contribution in [1.82, 2.24) is 5.32 Å². The molecule has 20 heavy (non-hydrogen) atoms. The molecule has 1 aliphatic rings. The summed E-state index contributed by atoms with van der Waals surface area (Å²) in [5, 5.41) is 5.59. The summed E-state index contributed by atoms with van der Waals surface area (Å²) >= 11 is 0. The van der Waals surface area contributed by atoms with Crippen molar-refractivity contribution in [3.05, 3.63) is 42.5 Å². The van der Waals surface area contributed by atoms with Crippen LogP contribution in [0.2, 0.25) is 0 Å². The van der Waals surface area contributed by atoms with Gasteiger partial charge in [-0.2, -0.15) is 0 Å². The lowest BCUT2D eigenvalue weighted by atomic mass is 10.1. The van der Waals surface area contributed by atoms with Crippen molar-refractivity contribution in [3.63, 3.8) is 0 Å². The van der Waals surface area contributed by atoms with Crippen molar-refractivity contribution in [2.24, 2.45) is 0 Å². The Labute approximate surface area is 118 Å². The van der Waals surface area contributed by atoms with E-state index >= 15 is 0 Å². The second kappa shape index (κ2) is 6.06. The van der Waals surface area contributed by atoms with Gasteiger partial charge in [-0.3, -0.25) is 4.79 Å². The van der Waals surface area contributed by atoms with Gasteiger partial charge in [-0.25, -0.2) is 0 Å². The SMILES string of the molecule is O=C(CCOc1ccc2ccccc2c1)C1CCCN1. The summed E-state index contributed by atoms with van der Waals surface area (Å²) in [7, 11) is 0. The van der Waals surface area contributed by atoms with Crippen molar-refractivity contribution >= 4 is 16.6 Å². The standard InChI is InChI=1S/C17H19NO2/c19-17(16-6-3-10-18-16)9-11-20-15-8-7-13-4-1-2-5-14(13)12-15/h1-2,4-5,7-8,12,16,18H,3,6,9-11H2. The number of hydrogen-bond donors (Lipinski definition) is 1. The van der Waals surface area contributed by atoms with E-state index in [1.807, 2.05) is 30.3 Å². The zero-order valence-electron chi connectivity index (χ0n) is 11.5. The lowest BCUT2D eigenvalue weighted by molar-refractivity contribution is -0.121. The largest absolute Gasteiger partial charge is 0.493 e. The highest BCUT2D eigenvalue weighted by Crippen LogP contribution is 2.20. The third-order valence-corrected chi connectivity index (χ3v) is 3.79. The van der Waals surface area contributed by atoms with E-state index < -0.39 is 0 Å². The van der Waals surface area contributed by atoms with Gasteiger partial charge in [-0.05, 0) is 42.3 Å². The van der Waals surface area contributed by atoms with E-state index in [1.54, 1.807) is 0 Å². The first-order chi connectivity index (χ1) is 9.83. The molecule has 1 unspecified atom stereocenters. The summed E-state index contributed by atoms with van der Waals surface area (Å²) in [5.41, 5.74) is 0. The van der Waals surface area contributed by atoms with Gasteiger partial charge in [0.25, 0.3) is 0 Å². The minimum absolute atomic E-state index is 0.0511. The molecule has 0 radical (unpaired) electrons. The lowest BCUT2D eigenvalue weighted by Gasteiger charge is -2.10. The molecule has 1 fully saturated rings. The van der Waals surface area contributed by atoms with Crippen molar-refractivity contribution in [2.45, 2.75) is 25.3 Å². The highest BCUT2D eigenvalue weighted by Gasteiger charge is 2.21. The summed E-state index contributed by atoms with van der Waals surface area (Å²) < 4.78 is 5.70. The maximum absolute atomic E-state index is 11.9. The maximum atomic E-state index is 11.9. The zero-order chi connectivity index (χ0) is 13.8. The summed E-state index contributed by atoms with van der Waals surface area (Å²) in [5.74, 6) is 1.10. The molecule has 3 nitrogen and oxygen atoms in total. The van der Waals surface area contributed by atoms with Crippen LogP contribution in [0.1, 0.15) is 19.3 Å². The van der Waals surface area contributed by atoms with Crippen LogP contribution in [0.3, 0.4) is 0 Å². The average Bonchev–Trinajstić information content (AvgIpc) is 3.01. The van der Waals surface area contributed by atoms with Gasteiger partial charge in [0.1, 0.15) is 5.75 Å². The Balaban J connectivity index is 1.55. The number of carbonyl (C=O) groups excluding carboxylic acids is 1. The molecule has 3 heteroatoms. The zero-order valence-corrected chi connectivity index (χ0v) is 11.5. The number of Topliss-reactive ketones (excluding diaryl/α,β-unsaturated/α-hetero) is 1. The Hall–Kier alpha value is -1.87. The fourth-order valence-corrected chi connectivity index (χ4v) is 2.66. The van der Waals surface area contributed by atoms with Crippen LogP contribution in [-0.4, -0.2) is 25.0 Å². The summed E-state index contributed by atoms with van der Waals surface area (Å²) in [6.07, 6.45) is 2.54. The molecule has 104 valence electrons. The first kappa shape index (κ1) is 13.1. The topological polar surface area (TPSA) is 38.3 Å². The van der Waals surface area contributed by atoms with E-state index in [2.05, 4.69) is 17.4 Å². The number of nitrogens with one attached hydrogen (secondary N) is 1. The third kappa shape index (κ3) is 2.99. The quantitative estimate of drug-likeness (QED) is 0.907. The van der Waals surface area contributed by atoms with Crippen LogP contribution >= 0.6 is 0 Å². The van der Waals surface area contributed by atoms with E-state index in [0.29, 0.717) is 13.0 Å². The molecule has 0 bridgehead atoms. The van der Waals surface area contributed by atoms with Gasteiger partial charge in [-0.15, -0.1) is 0 Å². The smallest absolute Gasteiger partial charge is 0.153 e. The predicted octanol–water partition coefficient (Wildman–Crippen LogP) is 2.93. The van der Waals surface area contributed by atoms with Gasteiger partial charge in [0.05, 0.1) is 12.6 Å². The number of benzene rings is 2. The number of fused-ring (bicyclic) bond motifs is 1. The van der Waals surface area contributed by atoms with Crippen LogP contribution in [-0.2, 0) is 4.79 Å². The minimum atomic E-state index is 0.0511. The van der Waals surface area contributed by atoms with Crippen LogP contribution in [0.15, 0.2) is 42.5 Å². The summed E-state index contributed by atoms with van der Waals surface area (Å²) in [6, 6.07) is 14.3. The third-order valence-electron chi connectivity index (χ3n) is 3.79. The average molecular weight is 269 g/mol. The monoisotopic (exact) mass is 269 g/mol. The Morgan fingerprint density at radius 2 is 2.05 bits per heavy atom. The Morgan fingerprint density at radius 3 is 2.85 bits per heavy atom.